The third kappa shape index (κ3) is 9.46. The van der Waals surface area contributed by atoms with E-state index in [1.54, 1.807) is 12.1 Å². The molecule has 1 atom stereocenters. The molecule has 3 N–H and O–H groups in total. The summed E-state index contributed by atoms with van der Waals surface area (Å²) in [5.74, 6) is 1.50. The minimum atomic E-state index is -4.02. The summed E-state index contributed by atoms with van der Waals surface area (Å²) in [5.41, 5.74) is 8.07. The maximum Gasteiger partial charge on any atom is 0.294 e. The molecule has 0 radical (unpaired) electrons. The Morgan fingerprint density at radius 2 is 1.52 bits per heavy atom. The number of amidine groups is 1. The molecule has 0 aliphatic heterocycles. The molecule has 0 saturated carbocycles. The van der Waals surface area contributed by atoms with E-state index in [0.717, 1.165) is 11.3 Å². The summed E-state index contributed by atoms with van der Waals surface area (Å²) in [6.45, 7) is 4.40. The van der Waals surface area contributed by atoms with Gasteiger partial charge in [-0.15, -0.1) is 0 Å². The molecular weight excluding hydrogens is 412 g/mol. The van der Waals surface area contributed by atoms with Crippen molar-refractivity contribution >= 4 is 16.0 Å². The second kappa shape index (κ2) is 11.9. The Bertz CT molecular complexity index is 1050. The van der Waals surface area contributed by atoms with Crippen LogP contribution in [0.15, 0.2) is 94.8 Å². The van der Waals surface area contributed by atoms with Crippen molar-refractivity contribution in [2.75, 3.05) is 6.54 Å². The first-order valence-electron chi connectivity index (χ1n) is 9.82. The Labute approximate surface area is 184 Å². The fraction of sp³-hybridized carbons (Fsp3) is 0.208. The molecule has 0 aliphatic rings. The van der Waals surface area contributed by atoms with Crippen LogP contribution in [0.25, 0.3) is 0 Å². The maximum absolute atomic E-state index is 10.5. The molecule has 0 spiro atoms. The van der Waals surface area contributed by atoms with Gasteiger partial charge in [-0.3, -0.25) is 9.55 Å². The lowest BCUT2D eigenvalue weighted by Gasteiger charge is -2.12. The number of nitrogens with two attached hydrogens (primary N) is 1. The van der Waals surface area contributed by atoms with Crippen LogP contribution in [0.2, 0.25) is 0 Å². The number of hydrogen-bond acceptors (Lipinski definition) is 4. The number of nitrogens with zero attached hydrogens (tertiary/aromatic N) is 1. The first-order chi connectivity index (χ1) is 14.7. The normalized spacial score (nSPS) is 12.4. The van der Waals surface area contributed by atoms with Crippen LogP contribution in [0.3, 0.4) is 0 Å². The van der Waals surface area contributed by atoms with Crippen molar-refractivity contribution in [1.82, 2.24) is 0 Å². The summed E-state index contributed by atoms with van der Waals surface area (Å²) in [5, 5.41) is 0. The third-order valence-electron chi connectivity index (χ3n) is 4.18. The van der Waals surface area contributed by atoms with Crippen molar-refractivity contribution in [3.05, 3.63) is 96.1 Å². The molecule has 6 nitrogen and oxygen atoms in total. The number of benzene rings is 3. The zero-order valence-electron chi connectivity index (χ0n) is 17.7. The molecule has 0 heterocycles. The number of para-hydroxylation sites is 1. The van der Waals surface area contributed by atoms with Gasteiger partial charge in [0.05, 0.1) is 17.3 Å². The van der Waals surface area contributed by atoms with Gasteiger partial charge in [0.15, 0.2) is 0 Å². The monoisotopic (exact) mass is 440 g/mol. The van der Waals surface area contributed by atoms with Crippen LogP contribution in [0.4, 0.5) is 0 Å². The zero-order chi connectivity index (χ0) is 22.7. The fourth-order valence-corrected chi connectivity index (χ4v) is 3.07. The van der Waals surface area contributed by atoms with E-state index < -0.39 is 10.1 Å². The summed E-state index contributed by atoms with van der Waals surface area (Å²) < 4.78 is 35.3. The van der Waals surface area contributed by atoms with E-state index in [0.29, 0.717) is 18.8 Å². The summed E-state index contributed by atoms with van der Waals surface area (Å²) in [6, 6.07) is 25.8. The molecule has 1 unspecified atom stereocenters. The Kier molecular flexibility index (Phi) is 9.24. The van der Waals surface area contributed by atoms with Crippen molar-refractivity contribution in [2.45, 2.75) is 31.3 Å². The molecule has 0 bridgehead atoms. The fourth-order valence-electron chi connectivity index (χ4n) is 2.59. The molecule has 0 fully saturated rings. The van der Waals surface area contributed by atoms with Crippen molar-refractivity contribution in [3.63, 3.8) is 0 Å². The van der Waals surface area contributed by atoms with Gasteiger partial charge >= 0.3 is 0 Å². The predicted molar refractivity (Wildman–Crippen MR) is 124 cm³/mol. The molecule has 0 amide bonds. The molecule has 7 heteroatoms. The standard InChI is InChI=1S/C17H20N2O.C7H8O3S/c1-14(20-16-10-6-3-7-11-16)13-19-17(18)12-15-8-4-2-5-9-15;1-6-2-4-7(5-3-6)11(8,9)10/h2-11,14H,12-13H2,1H3,(H2,18,19);2-5H,1H3,(H,8,9,10). The molecule has 164 valence electrons. The first kappa shape index (κ1) is 24.1. The largest absolute Gasteiger partial charge is 0.489 e. The molecular formula is C24H28N2O4S. The van der Waals surface area contributed by atoms with Crippen molar-refractivity contribution in [3.8, 4) is 5.75 Å². The van der Waals surface area contributed by atoms with Crippen LogP contribution in [0, 0.1) is 6.92 Å². The van der Waals surface area contributed by atoms with Gasteiger partial charge in [-0.2, -0.15) is 8.42 Å². The minimum Gasteiger partial charge on any atom is -0.489 e. The lowest BCUT2D eigenvalue weighted by molar-refractivity contribution is 0.230. The lowest BCUT2D eigenvalue weighted by atomic mass is 10.1. The number of aliphatic imine (C=N–C) groups is 1. The van der Waals surface area contributed by atoms with Crippen molar-refractivity contribution < 1.29 is 17.7 Å². The molecule has 0 saturated heterocycles. The zero-order valence-corrected chi connectivity index (χ0v) is 18.5. The molecule has 3 rings (SSSR count). The highest BCUT2D eigenvalue weighted by Crippen LogP contribution is 2.11. The average Bonchev–Trinajstić information content (AvgIpc) is 2.74. The van der Waals surface area contributed by atoms with E-state index in [4.69, 9.17) is 15.0 Å². The van der Waals surface area contributed by atoms with Crippen LogP contribution in [-0.2, 0) is 16.5 Å². The molecule has 3 aromatic rings. The molecule has 31 heavy (non-hydrogen) atoms. The van der Waals surface area contributed by atoms with Gasteiger partial charge in [-0.1, -0.05) is 66.2 Å². The Morgan fingerprint density at radius 1 is 0.968 bits per heavy atom. The topological polar surface area (TPSA) is 102 Å². The van der Waals surface area contributed by atoms with E-state index in [-0.39, 0.29) is 11.0 Å². The second-order valence-electron chi connectivity index (χ2n) is 7.02. The van der Waals surface area contributed by atoms with Gasteiger partial charge in [-0.05, 0) is 43.7 Å². The van der Waals surface area contributed by atoms with Crippen LogP contribution < -0.4 is 10.5 Å². The quantitative estimate of drug-likeness (QED) is 0.324. The summed E-state index contributed by atoms with van der Waals surface area (Å²) >= 11 is 0. The molecule has 3 aromatic carbocycles. The van der Waals surface area contributed by atoms with Gasteiger partial charge in [0, 0.05) is 6.42 Å². The van der Waals surface area contributed by atoms with Crippen LogP contribution in [0.1, 0.15) is 18.1 Å². The van der Waals surface area contributed by atoms with Gasteiger partial charge in [0.1, 0.15) is 11.9 Å². The van der Waals surface area contributed by atoms with E-state index in [9.17, 15) is 8.42 Å². The van der Waals surface area contributed by atoms with Crippen LogP contribution >= 0.6 is 0 Å². The van der Waals surface area contributed by atoms with Gasteiger partial charge < -0.3 is 10.5 Å². The smallest absolute Gasteiger partial charge is 0.294 e. The SMILES string of the molecule is CC(CN=C(N)Cc1ccccc1)Oc1ccccc1.Cc1ccc(S(=O)(=O)O)cc1. The highest BCUT2D eigenvalue weighted by atomic mass is 32.2. The van der Waals surface area contributed by atoms with E-state index in [1.807, 2.05) is 74.5 Å². The number of rotatable bonds is 7. The number of hydrogen-bond donors (Lipinski definition) is 2. The van der Waals surface area contributed by atoms with Gasteiger partial charge in [0.2, 0.25) is 0 Å². The van der Waals surface area contributed by atoms with E-state index in [1.165, 1.54) is 17.7 Å². The van der Waals surface area contributed by atoms with Crippen molar-refractivity contribution in [1.29, 1.82) is 0 Å². The second-order valence-corrected chi connectivity index (χ2v) is 8.45. The van der Waals surface area contributed by atoms with E-state index in [2.05, 4.69) is 4.99 Å². The minimum absolute atomic E-state index is 0.00623. The maximum atomic E-state index is 10.5. The van der Waals surface area contributed by atoms with Crippen molar-refractivity contribution in [2.24, 2.45) is 10.7 Å². The lowest BCUT2D eigenvalue weighted by Crippen LogP contribution is -2.21. The predicted octanol–water partition coefficient (Wildman–Crippen LogP) is 4.30. The molecule has 0 aromatic heterocycles. The Hall–Kier alpha value is -3.16. The van der Waals surface area contributed by atoms with E-state index >= 15 is 0 Å². The third-order valence-corrected chi connectivity index (χ3v) is 5.05. The van der Waals surface area contributed by atoms with Gasteiger partial charge in [-0.25, -0.2) is 0 Å². The Morgan fingerprint density at radius 3 is 2.06 bits per heavy atom. The highest BCUT2D eigenvalue weighted by molar-refractivity contribution is 7.85. The summed E-state index contributed by atoms with van der Waals surface area (Å²) in [6.07, 6.45) is 0.686. The van der Waals surface area contributed by atoms with Crippen LogP contribution in [0.5, 0.6) is 5.75 Å². The summed E-state index contributed by atoms with van der Waals surface area (Å²) in [7, 11) is -4.02. The van der Waals surface area contributed by atoms with Gasteiger partial charge in [0.25, 0.3) is 10.1 Å². The summed E-state index contributed by atoms with van der Waals surface area (Å²) in [4.78, 5) is 4.32. The average molecular weight is 441 g/mol. The molecule has 0 aliphatic carbocycles. The van der Waals surface area contributed by atoms with Crippen LogP contribution in [-0.4, -0.2) is 31.5 Å². The number of ether oxygens (including phenoxy) is 1. The highest BCUT2D eigenvalue weighted by Gasteiger charge is 2.07. The number of aryl methyl sites for hydroxylation is 1. The first-order valence-corrected chi connectivity index (χ1v) is 11.3. The Balaban J connectivity index is 0.000000262.